The van der Waals surface area contributed by atoms with Gasteiger partial charge in [0.05, 0.1) is 11.5 Å². The lowest BCUT2D eigenvalue weighted by atomic mass is 9.96. The van der Waals surface area contributed by atoms with Gasteiger partial charge in [0.15, 0.2) is 0 Å². The highest BCUT2D eigenvalue weighted by Crippen LogP contribution is 2.37. The summed E-state index contributed by atoms with van der Waals surface area (Å²) >= 11 is 0. The second-order valence-electron chi connectivity index (χ2n) is 3.77. The van der Waals surface area contributed by atoms with Crippen LogP contribution in [-0.2, 0) is 6.18 Å². The number of halogens is 6. The summed E-state index contributed by atoms with van der Waals surface area (Å²) in [6.07, 6.45) is -9.37. The van der Waals surface area contributed by atoms with E-state index in [1.807, 2.05) is 0 Å². The molecule has 0 aliphatic rings. The molecular formula is C11H8F6O. The third kappa shape index (κ3) is 3.24. The third-order valence-electron chi connectivity index (χ3n) is 2.43. The maximum atomic E-state index is 12.4. The quantitative estimate of drug-likeness (QED) is 0.582. The third-order valence-corrected chi connectivity index (χ3v) is 2.43. The molecule has 0 spiro atoms. The minimum absolute atomic E-state index is 0.0852. The predicted octanol–water partition coefficient (Wildman–Crippen LogP) is 4.18. The van der Waals surface area contributed by atoms with Crippen molar-refractivity contribution in [2.45, 2.75) is 25.2 Å². The van der Waals surface area contributed by atoms with Crippen LogP contribution in [0.1, 0.15) is 34.3 Å². The van der Waals surface area contributed by atoms with E-state index in [1.54, 1.807) is 0 Å². The van der Waals surface area contributed by atoms with Gasteiger partial charge in [0.25, 0.3) is 0 Å². The zero-order valence-electron chi connectivity index (χ0n) is 9.06. The molecule has 100 valence electrons. The summed E-state index contributed by atoms with van der Waals surface area (Å²) in [4.78, 5) is 10.5. The molecule has 0 aliphatic carbocycles. The molecule has 18 heavy (non-hydrogen) atoms. The highest BCUT2D eigenvalue weighted by Gasteiger charge is 2.39. The highest BCUT2D eigenvalue weighted by atomic mass is 19.4. The molecule has 1 aromatic rings. The monoisotopic (exact) mass is 270 g/mol. The summed E-state index contributed by atoms with van der Waals surface area (Å²) < 4.78 is 74.6. The first-order chi connectivity index (χ1) is 8.05. The van der Waals surface area contributed by atoms with E-state index in [-0.39, 0.29) is 6.29 Å². The molecule has 1 atom stereocenters. The SMILES string of the molecule is CC(c1cc(C=O)cc(C(F)(F)F)c1)C(F)(F)F. The lowest BCUT2D eigenvalue weighted by Gasteiger charge is -2.18. The molecule has 0 amide bonds. The van der Waals surface area contributed by atoms with E-state index in [4.69, 9.17) is 0 Å². The summed E-state index contributed by atoms with van der Waals surface area (Å²) in [6.45, 7) is 0.740. The Hall–Kier alpha value is -1.53. The van der Waals surface area contributed by atoms with Gasteiger partial charge in [-0.1, -0.05) is 0 Å². The number of carbonyl (C=O) groups is 1. The van der Waals surface area contributed by atoms with Crippen molar-refractivity contribution in [2.75, 3.05) is 0 Å². The fourth-order valence-corrected chi connectivity index (χ4v) is 1.35. The first kappa shape index (κ1) is 14.5. The molecule has 0 radical (unpaired) electrons. The largest absolute Gasteiger partial charge is 0.416 e. The molecule has 7 heteroatoms. The van der Waals surface area contributed by atoms with Crippen LogP contribution in [0.5, 0.6) is 0 Å². The zero-order valence-corrected chi connectivity index (χ0v) is 9.06. The normalized spacial score (nSPS) is 14.4. The number of hydrogen-bond acceptors (Lipinski definition) is 1. The number of aldehydes is 1. The lowest BCUT2D eigenvalue weighted by Crippen LogP contribution is -2.19. The van der Waals surface area contributed by atoms with E-state index in [9.17, 15) is 31.1 Å². The number of alkyl halides is 6. The predicted molar refractivity (Wildman–Crippen MR) is 51.3 cm³/mol. The van der Waals surface area contributed by atoms with E-state index < -0.39 is 35.0 Å². The molecule has 1 nitrogen and oxygen atoms in total. The average molecular weight is 270 g/mol. The van der Waals surface area contributed by atoms with Crippen molar-refractivity contribution in [3.05, 3.63) is 34.9 Å². The van der Waals surface area contributed by atoms with Crippen LogP contribution in [0.25, 0.3) is 0 Å². The molecule has 0 bridgehead atoms. The fraction of sp³-hybridized carbons (Fsp3) is 0.364. The van der Waals surface area contributed by atoms with E-state index >= 15 is 0 Å². The van der Waals surface area contributed by atoms with Gasteiger partial charge in [-0.05, 0) is 30.7 Å². The molecule has 0 saturated carbocycles. The maximum Gasteiger partial charge on any atom is 0.416 e. The van der Waals surface area contributed by atoms with Crippen LogP contribution in [0.15, 0.2) is 18.2 Å². The van der Waals surface area contributed by atoms with Crippen molar-refractivity contribution >= 4 is 6.29 Å². The second kappa shape index (κ2) is 4.62. The Morgan fingerprint density at radius 1 is 1.06 bits per heavy atom. The van der Waals surface area contributed by atoms with Gasteiger partial charge in [-0.25, -0.2) is 0 Å². The number of carbonyl (C=O) groups excluding carboxylic acids is 1. The maximum absolute atomic E-state index is 12.4. The van der Waals surface area contributed by atoms with E-state index in [0.717, 1.165) is 13.0 Å². The van der Waals surface area contributed by atoms with Gasteiger partial charge in [0.1, 0.15) is 6.29 Å². The molecule has 1 unspecified atom stereocenters. The standard InChI is InChI=1S/C11H8F6O/c1-6(10(12,13)14)8-2-7(5-18)3-9(4-8)11(15,16)17/h2-6H,1H3. The van der Waals surface area contributed by atoms with Gasteiger partial charge in [-0.3, -0.25) is 4.79 Å². The van der Waals surface area contributed by atoms with Gasteiger partial charge >= 0.3 is 12.4 Å². The van der Waals surface area contributed by atoms with Crippen LogP contribution in [-0.4, -0.2) is 12.5 Å². The van der Waals surface area contributed by atoms with Crippen LogP contribution in [0, 0.1) is 0 Å². The average Bonchev–Trinajstić information content (AvgIpc) is 2.25. The number of rotatable bonds is 2. The number of benzene rings is 1. The fourth-order valence-electron chi connectivity index (χ4n) is 1.35. The Morgan fingerprint density at radius 3 is 2.00 bits per heavy atom. The summed E-state index contributed by atoms with van der Waals surface area (Å²) in [5, 5.41) is 0. The van der Waals surface area contributed by atoms with Gasteiger partial charge in [0.2, 0.25) is 0 Å². The molecular weight excluding hydrogens is 262 g/mol. The van der Waals surface area contributed by atoms with Crippen molar-refractivity contribution in [1.29, 1.82) is 0 Å². The second-order valence-corrected chi connectivity index (χ2v) is 3.77. The van der Waals surface area contributed by atoms with Crippen molar-refractivity contribution < 1.29 is 31.1 Å². The molecule has 0 saturated heterocycles. The Labute approximate surface area is 98.4 Å². The van der Waals surface area contributed by atoms with Gasteiger partial charge in [-0.2, -0.15) is 26.3 Å². The van der Waals surface area contributed by atoms with Gasteiger partial charge in [0, 0.05) is 5.56 Å². The first-order valence-electron chi connectivity index (χ1n) is 4.80. The van der Waals surface area contributed by atoms with Crippen molar-refractivity contribution in [3.8, 4) is 0 Å². The first-order valence-corrected chi connectivity index (χ1v) is 4.80. The topological polar surface area (TPSA) is 17.1 Å². The Bertz CT molecular complexity index is 446. The molecule has 0 fully saturated rings. The van der Waals surface area contributed by atoms with Gasteiger partial charge in [-0.15, -0.1) is 0 Å². The highest BCUT2D eigenvalue weighted by molar-refractivity contribution is 5.75. The van der Waals surface area contributed by atoms with E-state index in [2.05, 4.69) is 0 Å². The molecule has 0 aromatic heterocycles. The van der Waals surface area contributed by atoms with Crippen LogP contribution in [0.4, 0.5) is 26.3 Å². The Morgan fingerprint density at radius 2 is 1.61 bits per heavy atom. The van der Waals surface area contributed by atoms with Crippen LogP contribution < -0.4 is 0 Å². The molecule has 0 heterocycles. The van der Waals surface area contributed by atoms with Gasteiger partial charge < -0.3 is 0 Å². The number of hydrogen-bond donors (Lipinski definition) is 0. The van der Waals surface area contributed by atoms with Crippen molar-refractivity contribution in [3.63, 3.8) is 0 Å². The summed E-state index contributed by atoms with van der Waals surface area (Å²) in [7, 11) is 0. The van der Waals surface area contributed by atoms with E-state index in [1.165, 1.54) is 0 Å². The smallest absolute Gasteiger partial charge is 0.298 e. The molecule has 0 aliphatic heterocycles. The minimum atomic E-state index is -4.79. The Balaban J connectivity index is 3.33. The summed E-state index contributed by atoms with van der Waals surface area (Å²) in [5.74, 6) is -2.07. The van der Waals surface area contributed by atoms with Crippen molar-refractivity contribution in [1.82, 2.24) is 0 Å². The molecule has 1 rings (SSSR count). The molecule has 0 N–H and O–H groups in total. The van der Waals surface area contributed by atoms with E-state index in [0.29, 0.717) is 12.1 Å². The van der Waals surface area contributed by atoms with Crippen LogP contribution >= 0.6 is 0 Å². The summed E-state index contributed by atoms with van der Waals surface area (Å²) in [6, 6.07) is 1.73. The summed E-state index contributed by atoms with van der Waals surface area (Å²) in [5.41, 5.74) is -2.28. The molecule has 1 aromatic carbocycles. The zero-order chi connectivity index (χ0) is 14.1. The minimum Gasteiger partial charge on any atom is -0.298 e. The van der Waals surface area contributed by atoms with Crippen molar-refractivity contribution in [2.24, 2.45) is 0 Å². The lowest BCUT2D eigenvalue weighted by molar-refractivity contribution is -0.147. The van der Waals surface area contributed by atoms with Crippen LogP contribution in [0.2, 0.25) is 0 Å². The Kier molecular flexibility index (Phi) is 3.73. The van der Waals surface area contributed by atoms with Crippen LogP contribution in [0.3, 0.4) is 0 Å².